The molecule has 5 heteroatoms. The van der Waals surface area contributed by atoms with Crippen LogP contribution in [0.4, 0.5) is 0 Å². The normalized spacial score (nSPS) is 10.4. The van der Waals surface area contributed by atoms with Crippen LogP contribution in [0, 0.1) is 0 Å². The summed E-state index contributed by atoms with van der Waals surface area (Å²) in [4.78, 5) is 15.9. The molecule has 1 aromatic heterocycles. The lowest BCUT2D eigenvalue weighted by atomic mass is 10.1. The van der Waals surface area contributed by atoms with E-state index in [1.165, 1.54) is 5.56 Å². The molecule has 0 atom stereocenters. The molecule has 1 aromatic carbocycles. The highest BCUT2D eigenvalue weighted by Gasteiger charge is 2.05. The number of amides is 1. The average molecular weight is 323 g/mol. The van der Waals surface area contributed by atoms with Crippen LogP contribution >= 0.6 is 23.2 Å². The second-order valence-corrected chi connectivity index (χ2v) is 5.55. The molecule has 1 heterocycles. The van der Waals surface area contributed by atoms with E-state index in [2.05, 4.69) is 10.3 Å². The fourth-order valence-electron chi connectivity index (χ4n) is 1.96. The summed E-state index contributed by atoms with van der Waals surface area (Å²) in [5.74, 6) is -0.0143. The molecule has 0 bridgehead atoms. The van der Waals surface area contributed by atoms with E-state index in [0.717, 1.165) is 18.4 Å². The van der Waals surface area contributed by atoms with E-state index in [1.54, 1.807) is 18.3 Å². The SMILES string of the molecule is O=C(Cc1ccc(Cl)c(Cl)c1)NCCCc1cccnc1. The maximum absolute atomic E-state index is 11.8. The lowest BCUT2D eigenvalue weighted by Gasteiger charge is -2.06. The first-order chi connectivity index (χ1) is 10.1. The summed E-state index contributed by atoms with van der Waals surface area (Å²) in [5.41, 5.74) is 2.03. The fraction of sp³-hybridized carbons (Fsp3) is 0.250. The zero-order valence-corrected chi connectivity index (χ0v) is 13.0. The largest absolute Gasteiger partial charge is 0.356 e. The molecule has 21 heavy (non-hydrogen) atoms. The summed E-state index contributed by atoms with van der Waals surface area (Å²) < 4.78 is 0. The van der Waals surface area contributed by atoms with Crippen LogP contribution in [-0.2, 0) is 17.6 Å². The maximum Gasteiger partial charge on any atom is 0.224 e. The van der Waals surface area contributed by atoms with E-state index >= 15 is 0 Å². The molecule has 0 saturated heterocycles. The highest BCUT2D eigenvalue weighted by atomic mass is 35.5. The number of nitrogens with one attached hydrogen (secondary N) is 1. The monoisotopic (exact) mass is 322 g/mol. The van der Waals surface area contributed by atoms with Crippen LogP contribution in [0.1, 0.15) is 17.5 Å². The van der Waals surface area contributed by atoms with Crippen LogP contribution in [0.25, 0.3) is 0 Å². The van der Waals surface area contributed by atoms with E-state index < -0.39 is 0 Å². The van der Waals surface area contributed by atoms with Gasteiger partial charge in [0.1, 0.15) is 0 Å². The van der Waals surface area contributed by atoms with Gasteiger partial charge in [-0.3, -0.25) is 9.78 Å². The third kappa shape index (κ3) is 5.37. The predicted octanol–water partition coefficient (Wildman–Crippen LogP) is 3.68. The molecular weight excluding hydrogens is 307 g/mol. The van der Waals surface area contributed by atoms with Gasteiger partial charge in [0.2, 0.25) is 5.91 Å². The van der Waals surface area contributed by atoms with Crippen LogP contribution in [0.2, 0.25) is 10.0 Å². The Morgan fingerprint density at radius 2 is 2.00 bits per heavy atom. The van der Waals surface area contributed by atoms with Gasteiger partial charge in [-0.2, -0.15) is 0 Å². The summed E-state index contributed by atoms with van der Waals surface area (Å²) in [5, 5.41) is 3.87. The van der Waals surface area contributed by atoms with Gasteiger partial charge >= 0.3 is 0 Å². The number of carbonyl (C=O) groups is 1. The Morgan fingerprint density at radius 1 is 1.14 bits per heavy atom. The Balaban J connectivity index is 1.71. The molecule has 110 valence electrons. The molecule has 0 aliphatic heterocycles. The third-order valence-electron chi connectivity index (χ3n) is 3.04. The minimum Gasteiger partial charge on any atom is -0.356 e. The number of nitrogens with zero attached hydrogens (tertiary/aromatic N) is 1. The smallest absolute Gasteiger partial charge is 0.224 e. The molecule has 0 spiro atoms. The lowest BCUT2D eigenvalue weighted by Crippen LogP contribution is -2.26. The van der Waals surface area contributed by atoms with Gasteiger partial charge in [0.25, 0.3) is 0 Å². The number of hydrogen-bond donors (Lipinski definition) is 1. The van der Waals surface area contributed by atoms with Crippen LogP contribution in [0.3, 0.4) is 0 Å². The molecule has 0 unspecified atom stereocenters. The van der Waals surface area contributed by atoms with Crippen molar-refractivity contribution in [1.29, 1.82) is 0 Å². The first-order valence-electron chi connectivity index (χ1n) is 6.74. The number of carbonyl (C=O) groups excluding carboxylic acids is 1. The summed E-state index contributed by atoms with van der Waals surface area (Å²) in [6, 6.07) is 9.18. The van der Waals surface area contributed by atoms with Crippen molar-refractivity contribution in [2.75, 3.05) is 6.54 Å². The van der Waals surface area contributed by atoms with E-state index in [1.807, 2.05) is 24.4 Å². The summed E-state index contributed by atoms with van der Waals surface area (Å²) in [6.07, 6.45) is 5.70. The van der Waals surface area contributed by atoms with Crippen LogP contribution in [0.5, 0.6) is 0 Å². The third-order valence-corrected chi connectivity index (χ3v) is 3.77. The molecule has 0 aliphatic rings. The predicted molar refractivity (Wildman–Crippen MR) is 85.7 cm³/mol. The number of pyridine rings is 1. The number of halogens is 2. The van der Waals surface area contributed by atoms with Gasteiger partial charge in [0.05, 0.1) is 16.5 Å². The Morgan fingerprint density at radius 3 is 2.71 bits per heavy atom. The van der Waals surface area contributed by atoms with Gasteiger partial charge in [-0.1, -0.05) is 35.3 Å². The topological polar surface area (TPSA) is 42.0 Å². The van der Waals surface area contributed by atoms with Crippen molar-refractivity contribution in [3.05, 3.63) is 63.9 Å². The molecule has 1 N–H and O–H groups in total. The Bertz CT molecular complexity index is 602. The molecule has 0 aliphatic carbocycles. The minimum absolute atomic E-state index is 0.0143. The highest BCUT2D eigenvalue weighted by molar-refractivity contribution is 6.42. The zero-order valence-electron chi connectivity index (χ0n) is 11.5. The van der Waals surface area contributed by atoms with Gasteiger partial charge < -0.3 is 5.32 Å². The lowest BCUT2D eigenvalue weighted by molar-refractivity contribution is -0.120. The highest BCUT2D eigenvalue weighted by Crippen LogP contribution is 2.22. The quantitative estimate of drug-likeness (QED) is 0.824. The van der Waals surface area contributed by atoms with Crippen LogP contribution in [0.15, 0.2) is 42.7 Å². The molecule has 1 amide bonds. The van der Waals surface area contributed by atoms with E-state index in [0.29, 0.717) is 23.0 Å². The number of benzene rings is 1. The zero-order chi connectivity index (χ0) is 15.1. The molecule has 0 fully saturated rings. The van der Waals surface area contributed by atoms with Crippen molar-refractivity contribution >= 4 is 29.1 Å². The summed E-state index contributed by atoms with van der Waals surface area (Å²) in [7, 11) is 0. The van der Waals surface area contributed by atoms with E-state index in [-0.39, 0.29) is 5.91 Å². The molecule has 0 radical (unpaired) electrons. The summed E-state index contributed by atoms with van der Waals surface area (Å²) >= 11 is 11.8. The van der Waals surface area contributed by atoms with Gasteiger partial charge in [-0.25, -0.2) is 0 Å². The van der Waals surface area contributed by atoms with Gasteiger partial charge in [-0.05, 0) is 42.2 Å². The average Bonchev–Trinajstić information content (AvgIpc) is 2.49. The van der Waals surface area contributed by atoms with Crippen molar-refractivity contribution in [3.8, 4) is 0 Å². The van der Waals surface area contributed by atoms with E-state index in [9.17, 15) is 4.79 Å². The van der Waals surface area contributed by atoms with Crippen molar-refractivity contribution in [1.82, 2.24) is 10.3 Å². The number of aryl methyl sites for hydroxylation is 1. The first kappa shape index (κ1) is 15.8. The van der Waals surface area contributed by atoms with E-state index in [4.69, 9.17) is 23.2 Å². The number of hydrogen-bond acceptors (Lipinski definition) is 2. The van der Waals surface area contributed by atoms with Crippen molar-refractivity contribution in [3.63, 3.8) is 0 Å². The molecule has 2 aromatic rings. The number of aromatic nitrogens is 1. The van der Waals surface area contributed by atoms with Crippen molar-refractivity contribution in [2.24, 2.45) is 0 Å². The molecule has 3 nitrogen and oxygen atoms in total. The van der Waals surface area contributed by atoms with Crippen LogP contribution < -0.4 is 5.32 Å². The Kier molecular flexibility index (Phi) is 6.03. The standard InChI is InChI=1S/C16H16Cl2N2O/c17-14-6-5-13(9-15(14)18)10-16(21)20-8-2-4-12-3-1-7-19-11-12/h1,3,5-7,9,11H,2,4,8,10H2,(H,20,21). The fourth-order valence-corrected chi connectivity index (χ4v) is 2.28. The molecular formula is C16H16Cl2N2O. The molecule has 0 saturated carbocycles. The Hall–Kier alpha value is -1.58. The first-order valence-corrected chi connectivity index (χ1v) is 7.50. The molecule has 2 rings (SSSR count). The van der Waals surface area contributed by atoms with Gasteiger partial charge in [-0.15, -0.1) is 0 Å². The van der Waals surface area contributed by atoms with Crippen molar-refractivity contribution in [2.45, 2.75) is 19.3 Å². The van der Waals surface area contributed by atoms with Gasteiger partial charge in [0.15, 0.2) is 0 Å². The van der Waals surface area contributed by atoms with Crippen molar-refractivity contribution < 1.29 is 4.79 Å². The minimum atomic E-state index is -0.0143. The second-order valence-electron chi connectivity index (χ2n) is 4.74. The Labute approximate surface area is 134 Å². The number of rotatable bonds is 6. The second kappa shape index (κ2) is 8.01. The summed E-state index contributed by atoms with van der Waals surface area (Å²) in [6.45, 7) is 0.648. The van der Waals surface area contributed by atoms with Gasteiger partial charge in [0, 0.05) is 18.9 Å². The van der Waals surface area contributed by atoms with Crippen LogP contribution in [-0.4, -0.2) is 17.4 Å². The maximum atomic E-state index is 11.8.